The predicted octanol–water partition coefficient (Wildman–Crippen LogP) is 4.02. The summed E-state index contributed by atoms with van der Waals surface area (Å²) in [7, 11) is 0. The van der Waals surface area contributed by atoms with Crippen molar-refractivity contribution in [1.29, 1.82) is 0 Å². The van der Waals surface area contributed by atoms with E-state index in [1.807, 2.05) is 13.0 Å². The van der Waals surface area contributed by atoms with Crippen molar-refractivity contribution in [2.24, 2.45) is 0 Å². The first-order chi connectivity index (χ1) is 9.60. The molecule has 0 spiro atoms. The molecule has 0 bridgehead atoms. The largest absolute Gasteiger partial charge is 0.310 e. The van der Waals surface area contributed by atoms with Crippen molar-refractivity contribution in [3.05, 3.63) is 63.9 Å². The van der Waals surface area contributed by atoms with Gasteiger partial charge < -0.3 is 5.32 Å². The van der Waals surface area contributed by atoms with Crippen LogP contribution in [0.3, 0.4) is 0 Å². The van der Waals surface area contributed by atoms with Crippen molar-refractivity contribution in [2.75, 3.05) is 6.54 Å². The molecule has 2 aromatic rings. The number of nitrogens with zero attached hydrogens (tertiary/aromatic N) is 1. The maximum absolute atomic E-state index is 13.9. The number of nitrogens with one attached hydrogen (secondary N) is 1. The van der Waals surface area contributed by atoms with Gasteiger partial charge in [0, 0.05) is 34.5 Å². The van der Waals surface area contributed by atoms with Gasteiger partial charge in [-0.2, -0.15) is 0 Å². The first-order valence-electron chi connectivity index (χ1n) is 6.38. The molecular weight excluding hydrogens is 326 g/mol. The van der Waals surface area contributed by atoms with Crippen molar-refractivity contribution in [2.45, 2.75) is 19.4 Å². The van der Waals surface area contributed by atoms with E-state index in [0.717, 1.165) is 16.1 Å². The Morgan fingerprint density at radius 3 is 2.70 bits per heavy atom. The molecule has 0 aliphatic heterocycles. The molecule has 2 nitrogen and oxygen atoms in total. The van der Waals surface area contributed by atoms with Gasteiger partial charge in [0.1, 0.15) is 11.6 Å². The van der Waals surface area contributed by atoms with E-state index in [1.165, 1.54) is 12.1 Å². The summed E-state index contributed by atoms with van der Waals surface area (Å²) in [5, 5.41) is 3.22. The van der Waals surface area contributed by atoms with E-state index in [9.17, 15) is 8.78 Å². The molecule has 1 heterocycles. The summed E-state index contributed by atoms with van der Waals surface area (Å²) in [6.45, 7) is 2.65. The highest BCUT2D eigenvalue weighted by Gasteiger charge is 2.16. The Balaban J connectivity index is 2.26. The minimum Gasteiger partial charge on any atom is -0.310 e. The SMILES string of the molecule is CCNC(Cc1cncc(Br)c1)c1ccc(F)cc1F. The Kier molecular flexibility index (Phi) is 5.20. The number of hydrogen-bond acceptors (Lipinski definition) is 2. The van der Waals surface area contributed by atoms with Crippen LogP contribution in [0.4, 0.5) is 8.78 Å². The summed E-state index contributed by atoms with van der Waals surface area (Å²) in [6.07, 6.45) is 4.03. The van der Waals surface area contributed by atoms with Gasteiger partial charge in [-0.15, -0.1) is 0 Å². The number of likely N-dealkylation sites (N-methyl/N-ethyl adjacent to an activating group) is 1. The molecule has 1 atom stereocenters. The van der Waals surface area contributed by atoms with Gasteiger partial charge in [-0.1, -0.05) is 13.0 Å². The van der Waals surface area contributed by atoms with E-state index in [-0.39, 0.29) is 6.04 Å². The third-order valence-corrected chi connectivity index (χ3v) is 3.42. The van der Waals surface area contributed by atoms with Gasteiger partial charge in [0.2, 0.25) is 0 Å². The summed E-state index contributed by atoms with van der Waals surface area (Å²) in [5.74, 6) is -1.09. The van der Waals surface area contributed by atoms with Crippen molar-refractivity contribution in [3.8, 4) is 0 Å². The van der Waals surface area contributed by atoms with E-state index in [4.69, 9.17) is 0 Å². The normalized spacial score (nSPS) is 12.4. The Morgan fingerprint density at radius 1 is 1.25 bits per heavy atom. The molecule has 1 aromatic heterocycles. The predicted molar refractivity (Wildman–Crippen MR) is 78.4 cm³/mol. The molecule has 5 heteroatoms. The Labute approximate surface area is 125 Å². The fraction of sp³-hybridized carbons (Fsp3) is 0.267. The first-order valence-corrected chi connectivity index (χ1v) is 7.17. The van der Waals surface area contributed by atoms with Crippen LogP contribution < -0.4 is 5.32 Å². The quantitative estimate of drug-likeness (QED) is 0.889. The molecule has 0 fully saturated rings. The van der Waals surface area contributed by atoms with Gasteiger partial charge in [0.05, 0.1) is 0 Å². The molecule has 0 aliphatic rings. The number of aromatic nitrogens is 1. The van der Waals surface area contributed by atoms with Crippen LogP contribution in [0.5, 0.6) is 0 Å². The molecule has 0 aliphatic carbocycles. The minimum atomic E-state index is -0.564. The molecule has 1 aromatic carbocycles. The minimum absolute atomic E-state index is 0.211. The van der Waals surface area contributed by atoms with Crippen LogP contribution in [0.25, 0.3) is 0 Å². The van der Waals surface area contributed by atoms with Crippen LogP contribution in [0.1, 0.15) is 24.1 Å². The van der Waals surface area contributed by atoms with Gasteiger partial charge in [-0.25, -0.2) is 8.78 Å². The van der Waals surface area contributed by atoms with Crippen LogP contribution in [-0.4, -0.2) is 11.5 Å². The van der Waals surface area contributed by atoms with E-state index in [2.05, 4.69) is 26.2 Å². The average molecular weight is 341 g/mol. The second kappa shape index (κ2) is 6.90. The van der Waals surface area contributed by atoms with Gasteiger partial charge in [-0.3, -0.25) is 4.98 Å². The molecule has 0 amide bonds. The zero-order valence-electron chi connectivity index (χ0n) is 11.0. The lowest BCUT2D eigenvalue weighted by Gasteiger charge is -2.19. The highest BCUT2D eigenvalue weighted by molar-refractivity contribution is 9.10. The van der Waals surface area contributed by atoms with Gasteiger partial charge in [0.15, 0.2) is 0 Å². The zero-order valence-corrected chi connectivity index (χ0v) is 12.6. The smallest absolute Gasteiger partial charge is 0.130 e. The lowest BCUT2D eigenvalue weighted by Crippen LogP contribution is -2.24. The summed E-state index contributed by atoms with van der Waals surface area (Å²) < 4.78 is 27.8. The molecule has 0 saturated heterocycles. The van der Waals surface area contributed by atoms with Crippen LogP contribution in [0.2, 0.25) is 0 Å². The van der Waals surface area contributed by atoms with Gasteiger partial charge in [-0.05, 0) is 46.6 Å². The fourth-order valence-corrected chi connectivity index (χ4v) is 2.54. The molecule has 106 valence electrons. The molecule has 0 radical (unpaired) electrons. The summed E-state index contributed by atoms with van der Waals surface area (Å²) in [6, 6.07) is 5.42. The number of halogens is 3. The van der Waals surface area contributed by atoms with E-state index < -0.39 is 11.6 Å². The standard InChI is InChI=1S/C15H15BrF2N2/c1-2-20-15(6-10-5-11(16)9-19-8-10)13-4-3-12(17)7-14(13)18/h3-5,7-9,15,20H,2,6H2,1H3. The third kappa shape index (κ3) is 3.84. The Bertz CT molecular complexity index is 590. The first kappa shape index (κ1) is 15.1. The van der Waals surface area contributed by atoms with Gasteiger partial charge in [0.25, 0.3) is 0 Å². The van der Waals surface area contributed by atoms with Crippen molar-refractivity contribution in [3.63, 3.8) is 0 Å². The van der Waals surface area contributed by atoms with E-state index >= 15 is 0 Å². The van der Waals surface area contributed by atoms with Gasteiger partial charge >= 0.3 is 0 Å². The molecule has 20 heavy (non-hydrogen) atoms. The lowest BCUT2D eigenvalue weighted by molar-refractivity contribution is 0.501. The molecule has 1 unspecified atom stereocenters. The number of pyridine rings is 1. The molecular formula is C15H15BrF2N2. The molecule has 0 saturated carbocycles. The number of hydrogen-bond donors (Lipinski definition) is 1. The third-order valence-electron chi connectivity index (χ3n) is 2.99. The monoisotopic (exact) mass is 340 g/mol. The average Bonchev–Trinajstić information content (AvgIpc) is 2.38. The Morgan fingerprint density at radius 2 is 2.05 bits per heavy atom. The molecule has 2 rings (SSSR count). The highest BCUT2D eigenvalue weighted by Crippen LogP contribution is 2.23. The zero-order chi connectivity index (χ0) is 14.5. The number of rotatable bonds is 5. The van der Waals surface area contributed by atoms with E-state index in [1.54, 1.807) is 12.4 Å². The van der Waals surface area contributed by atoms with Crippen LogP contribution in [0.15, 0.2) is 41.1 Å². The summed E-state index contributed by atoms with van der Waals surface area (Å²) in [5.41, 5.74) is 1.45. The maximum Gasteiger partial charge on any atom is 0.130 e. The maximum atomic E-state index is 13.9. The van der Waals surface area contributed by atoms with E-state index in [0.29, 0.717) is 18.5 Å². The second-order valence-corrected chi connectivity index (χ2v) is 5.41. The summed E-state index contributed by atoms with van der Waals surface area (Å²) >= 11 is 3.36. The van der Waals surface area contributed by atoms with Crippen molar-refractivity contribution in [1.82, 2.24) is 10.3 Å². The lowest BCUT2D eigenvalue weighted by atomic mass is 9.99. The fourth-order valence-electron chi connectivity index (χ4n) is 2.13. The number of benzene rings is 1. The highest BCUT2D eigenvalue weighted by atomic mass is 79.9. The van der Waals surface area contributed by atoms with Crippen LogP contribution in [-0.2, 0) is 6.42 Å². The summed E-state index contributed by atoms with van der Waals surface area (Å²) in [4.78, 5) is 4.10. The van der Waals surface area contributed by atoms with Crippen LogP contribution >= 0.6 is 15.9 Å². The second-order valence-electron chi connectivity index (χ2n) is 4.49. The molecule has 1 N–H and O–H groups in total. The van der Waals surface area contributed by atoms with Crippen LogP contribution in [0, 0.1) is 11.6 Å². The Hall–Kier alpha value is -1.33. The topological polar surface area (TPSA) is 24.9 Å². The van der Waals surface area contributed by atoms with Crippen molar-refractivity contribution < 1.29 is 8.78 Å². The van der Waals surface area contributed by atoms with Crippen molar-refractivity contribution >= 4 is 15.9 Å².